The number of esters is 2. The van der Waals surface area contributed by atoms with E-state index in [2.05, 4.69) is 0 Å². The van der Waals surface area contributed by atoms with E-state index in [4.69, 9.17) is 13.7 Å². The molecule has 1 fully saturated rings. The van der Waals surface area contributed by atoms with Gasteiger partial charge in [-0.3, -0.25) is 9.59 Å². The van der Waals surface area contributed by atoms with Gasteiger partial charge in [0.25, 0.3) is 0 Å². The fourth-order valence-electron chi connectivity index (χ4n) is 3.08. The highest BCUT2D eigenvalue weighted by atomic mass is 32.2. The van der Waals surface area contributed by atoms with Gasteiger partial charge in [-0.1, -0.05) is 26.7 Å². The molecular formula is C18H29F3O5S. The second kappa shape index (κ2) is 11.8. The Bertz CT molecular complexity index is 466. The van der Waals surface area contributed by atoms with Crippen LogP contribution in [0.1, 0.15) is 65.2 Å². The average Bonchev–Trinajstić information content (AvgIpc) is 2.60. The lowest BCUT2D eigenvalue weighted by atomic mass is 9.97. The maximum absolute atomic E-state index is 13.6. The minimum Gasteiger partial charge on any atom is -0.462 e. The molecule has 27 heavy (non-hydrogen) atoms. The van der Waals surface area contributed by atoms with Crippen molar-refractivity contribution < 1.29 is 36.4 Å². The standard InChI is InChI=1S/C18H29F3O5S/c1-4-9-12(5-2)25-17(23)15(27-24-3)14(18(19,20)21)16(22)26-13-10-7-6-8-11-13/h12-15H,4-11H2,1-3H3. The van der Waals surface area contributed by atoms with E-state index in [1.54, 1.807) is 6.92 Å². The number of carbonyl (C=O) groups is 2. The fourth-order valence-corrected chi connectivity index (χ4v) is 3.80. The third kappa shape index (κ3) is 7.89. The monoisotopic (exact) mass is 414 g/mol. The van der Waals surface area contributed by atoms with Crippen molar-refractivity contribution >= 4 is 24.0 Å². The molecule has 0 aromatic carbocycles. The predicted molar refractivity (Wildman–Crippen MR) is 96.0 cm³/mol. The average molecular weight is 414 g/mol. The molecule has 0 aliphatic heterocycles. The molecule has 1 aliphatic carbocycles. The predicted octanol–water partition coefficient (Wildman–Crippen LogP) is 4.83. The highest BCUT2D eigenvalue weighted by molar-refractivity contribution is 7.96. The van der Waals surface area contributed by atoms with E-state index in [1.807, 2.05) is 6.92 Å². The van der Waals surface area contributed by atoms with E-state index in [9.17, 15) is 22.8 Å². The molecule has 0 amide bonds. The molecular weight excluding hydrogens is 385 g/mol. The van der Waals surface area contributed by atoms with Crippen LogP contribution < -0.4 is 0 Å². The first-order valence-electron chi connectivity index (χ1n) is 9.41. The number of rotatable bonds is 10. The summed E-state index contributed by atoms with van der Waals surface area (Å²) < 4.78 is 56.0. The van der Waals surface area contributed by atoms with Gasteiger partial charge in [0.1, 0.15) is 12.2 Å². The minimum atomic E-state index is -4.95. The zero-order chi connectivity index (χ0) is 20.4. The summed E-state index contributed by atoms with van der Waals surface area (Å²) in [5.41, 5.74) is 0. The molecule has 1 saturated carbocycles. The van der Waals surface area contributed by atoms with Gasteiger partial charge in [-0.15, -0.1) is 0 Å². The molecule has 3 atom stereocenters. The second-order valence-electron chi connectivity index (χ2n) is 6.66. The summed E-state index contributed by atoms with van der Waals surface area (Å²) in [5, 5.41) is -1.86. The number of alkyl halides is 3. The van der Waals surface area contributed by atoms with Crippen LogP contribution in [0.4, 0.5) is 13.2 Å². The van der Waals surface area contributed by atoms with Crippen molar-refractivity contribution in [2.24, 2.45) is 5.92 Å². The zero-order valence-corrected chi connectivity index (χ0v) is 16.9. The number of carbonyl (C=O) groups excluding carboxylic acids is 2. The van der Waals surface area contributed by atoms with Crippen LogP contribution in [0, 0.1) is 5.92 Å². The Labute approximate surface area is 162 Å². The number of hydrogen-bond donors (Lipinski definition) is 0. The molecule has 0 spiro atoms. The molecule has 0 bridgehead atoms. The molecule has 9 heteroatoms. The fraction of sp³-hybridized carbons (Fsp3) is 0.889. The SMILES string of the molecule is CCCC(CC)OC(=O)C(SOC)C(C(=O)OC1CCCCC1)C(F)(F)F. The van der Waals surface area contributed by atoms with Crippen LogP contribution in [0.3, 0.4) is 0 Å². The van der Waals surface area contributed by atoms with Crippen molar-refractivity contribution in [3.05, 3.63) is 0 Å². The lowest BCUT2D eigenvalue weighted by molar-refractivity contribution is -0.205. The van der Waals surface area contributed by atoms with E-state index in [1.165, 1.54) is 0 Å². The van der Waals surface area contributed by atoms with Crippen LogP contribution >= 0.6 is 12.0 Å². The van der Waals surface area contributed by atoms with E-state index >= 15 is 0 Å². The largest absolute Gasteiger partial charge is 0.462 e. The lowest BCUT2D eigenvalue weighted by Gasteiger charge is -2.29. The van der Waals surface area contributed by atoms with E-state index in [0.717, 1.165) is 32.8 Å². The number of ether oxygens (including phenoxy) is 2. The summed E-state index contributed by atoms with van der Waals surface area (Å²) in [6.07, 6.45) is -0.578. The molecule has 0 N–H and O–H groups in total. The maximum atomic E-state index is 13.6. The molecule has 0 saturated heterocycles. The molecule has 1 rings (SSSR count). The van der Waals surface area contributed by atoms with Crippen molar-refractivity contribution in [2.75, 3.05) is 7.11 Å². The Morgan fingerprint density at radius 3 is 2.22 bits per heavy atom. The number of hydrogen-bond acceptors (Lipinski definition) is 6. The van der Waals surface area contributed by atoms with E-state index < -0.39 is 41.5 Å². The Hall–Kier alpha value is -0.960. The quantitative estimate of drug-likeness (QED) is 0.377. The van der Waals surface area contributed by atoms with Crippen LogP contribution in [0.15, 0.2) is 0 Å². The maximum Gasteiger partial charge on any atom is 0.403 e. The van der Waals surface area contributed by atoms with Gasteiger partial charge in [0, 0.05) is 12.0 Å². The Morgan fingerprint density at radius 2 is 1.74 bits per heavy atom. The molecule has 0 radical (unpaired) electrons. The van der Waals surface area contributed by atoms with Gasteiger partial charge >= 0.3 is 18.1 Å². The third-order valence-corrected chi connectivity index (χ3v) is 5.39. The normalized spacial score (nSPS) is 19.2. The first kappa shape index (κ1) is 24.1. The summed E-state index contributed by atoms with van der Waals surface area (Å²) in [6, 6.07) is 0. The van der Waals surface area contributed by atoms with Gasteiger partial charge in [-0.25, -0.2) is 0 Å². The molecule has 0 aromatic rings. The van der Waals surface area contributed by atoms with Crippen molar-refractivity contribution in [1.29, 1.82) is 0 Å². The van der Waals surface area contributed by atoms with Crippen LogP contribution in [0.5, 0.6) is 0 Å². The zero-order valence-electron chi connectivity index (χ0n) is 16.0. The van der Waals surface area contributed by atoms with Crippen molar-refractivity contribution in [3.63, 3.8) is 0 Å². The van der Waals surface area contributed by atoms with Crippen LogP contribution in [-0.2, 0) is 23.2 Å². The summed E-state index contributed by atoms with van der Waals surface area (Å²) in [4.78, 5) is 24.8. The smallest absolute Gasteiger partial charge is 0.403 e. The lowest BCUT2D eigenvalue weighted by Crippen LogP contribution is -2.46. The molecule has 0 heterocycles. The molecule has 0 aromatic heterocycles. The van der Waals surface area contributed by atoms with Crippen molar-refractivity contribution in [1.82, 2.24) is 0 Å². The molecule has 158 valence electrons. The second-order valence-corrected chi connectivity index (χ2v) is 7.69. The molecule has 1 aliphatic rings. The van der Waals surface area contributed by atoms with E-state index in [0.29, 0.717) is 25.7 Å². The van der Waals surface area contributed by atoms with Crippen LogP contribution in [-0.4, -0.2) is 42.7 Å². The van der Waals surface area contributed by atoms with Crippen molar-refractivity contribution in [3.8, 4) is 0 Å². The van der Waals surface area contributed by atoms with Gasteiger partial charge in [0.2, 0.25) is 0 Å². The topological polar surface area (TPSA) is 61.8 Å². The highest BCUT2D eigenvalue weighted by Gasteiger charge is 2.55. The van der Waals surface area contributed by atoms with E-state index in [-0.39, 0.29) is 12.0 Å². The molecule has 5 nitrogen and oxygen atoms in total. The Balaban J connectivity index is 2.96. The first-order chi connectivity index (χ1) is 12.7. The number of halogens is 3. The Kier molecular flexibility index (Phi) is 10.5. The van der Waals surface area contributed by atoms with Gasteiger partial charge in [-0.2, -0.15) is 13.2 Å². The van der Waals surface area contributed by atoms with Gasteiger partial charge in [0.05, 0.1) is 7.11 Å². The summed E-state index contributed by atoms with van der Waals surface area (Å²) >= 11 is 0.285. The van der Waals surface area contributed by atoms with Crippen molar-refractivity contribution in [2.45, 2.75) is 88.8 Å². The van der Waals surface area contributed by atoms with Crippen LogP contribution in [0.2, 0.25) is 0 Å². The van der Waals surface area contributed by atoms with Gasteiger partial charge < -0.3 is 13.7 Å². The summed E-state index contributed by atoms with van der Waals surface area (Å²) in [6.45, 7) is 3.67. The Morgan fingerprint density at radius 1 is 1.11 bits per heavy atom. The first-order valence-corrected chi connectivity index (χ1v) is 10.2. The highest BCUT2D eigenvalue weighted by Crippen LogP contribution is 2.37. The summed E-state index contributed by atoms with van der Waals surface area (Å²) in [5.74, 6) is -5.18. The summed E-state index contributed by atoms with van der Waals surface area (Å²) in [7, 11) is 1.15. The molecule has 3 unspecified atom stereocenters. The third-order valence-electron chi connectivity index (χ3n) is 4.53. The van der Waals surface area contributed by atoms with Crippen LogP contribution in [0.25, 0.3) is 0 Å². The minimum absolute atomic E-state index is 0.285. The van der Waals surface area contributed by atoms with Gasteiger partial charge in [0.15, 0.2) is 11.2 Å². The van der Waals surface area contributed by atoms with Gasteiger partial charge in [-0.05, 0) is 38.5 Å².